The summed E-state index contributed by atoms with van der Waals surface area (Å²) in [7, 11) is 0. The predicted octanol–water partition coefficient (Wildman–Crippen LogP) is 3.66. The van der Waals surface area contributed by atoms with Crippen molar-refractivity contribution in [2.45, 2.75) is 19.1 Å². The van der Waals surface area contributed by atoms with Crippen LogP contribution < -0.4 is 10.9 Å². The molecule has 1 amide bonds. The number of fused-ring (bicyclic) bond motifs is 1. The summed E-state index contributed by atoms with van der Waals surface area (Å²) in [5.41, 5.74) is 2.43. The van der Waals surface area contributed by atoms with Gasteiger partial charge in [-0.25, -0.2) is 4.98 Å². The Bertz CT molecular complexity index is 951. The van der Waals surface area contributed by atoms with Crippen LogP contribution in [0.3, 0.4) is 0 Å². The average molecular weight is 353 g/mol. The lowest BCUT2D eigenvalue weighted by atomic mass is 10.2. The van der Waals surface area contributed by atoms with E-state index in [0.29, 0.717) is 16.7 Å². The summed E-state index contributed by atoms with van der Waals surface area (Å²) in [5.74, 6) is 0.784. The Labute approximate surface area is 149 Å². The number of thioether (sulfide) groups is 1. The zero-order chi connectivity index (χ0) is 17.8. The largest absolute Gasteiger partial charge is 0.325 e. The maximum absolute atomic E-state index is 12.1. The first kappa shape index (κ1) is 17.2. The lowest BCUT2D eigenvalue weighted by Crippen LogP contribution is -2.16. The summed E-state index contributed by atoms with van der Waals surface area (Å²) in [6.45, 7) is 3.93. The Hall–Kier alpha value is -2.60. The molecule has 6 heteroatoms. The number of aryl methyl sites for hydroxylation is 1. The zero-order valence-corrected chi connectivity index (χ0v) is 14.9. The van der Waals surface area contributed by atoms with Gasteiger partial charge in [0.25, 0.3) is 5.56 Å². The molecular weight excluding hydrogens is 334 g/mol. The van der Waals surface area contributed by atoms with E-state index in [-0.39, 0.29) is 22.5 Å². The van der Waals surface area contributed by atoms with Crippen molar-refractivity contribution in [2.75, 3.05) is 11.1 Å². The van der Waals surface area contributed by atoms with Crippen molar-refractivity contribution >= 4 is 34.3 Å². The monoisotopic (exact) mass is 353 g/mol. The van der Waals surface area contributed by atoms with Gasteiger partial charge in [-0.05, 0) is 38.1 Å². The number of nitrogens with zero attached hydrogens (tertiary/aromatic N) is 1. The van der Waals surface area contributed by atoms with Gasteiger partial charge in [0.05, 0.1) is 21.9 Å². The molecular formula is C19H19N3O2S. The second kappa shape index (κ2) is 7.53. The number of carbonyl (C=O) groups is 1. The molecule has 0 spiro atoms. The fourth-order valence-electron chi connectivity index (χ4n) is 2.41. The molecule has 5 nitrogen and oxygen atoms in total. The summed E-state index contributed by atoms with van der Waals surface area (Å²) in [6.07, 6.45) is 0. The molecule has 128 valence electrons. The van der Waals surface area contributed by atoms with E-state index in [0.717, 1.165) is 11.3 Å². The molecule has 3 rings (SSSR count). The van der Waals surface area contributed by atoms with E-state index in [4.69, 9.17) is 0 Å². The highest BCUT2D eigenvalue weighted by atomic mass is 32.2. The second-order valence-electron chi connectivity index (χ2n) is 5.84. The minimum absolute atomic E-state index is 0.0798. The third kappa shape index (κ3) is 4.28. The molecule has 0 aliphatic heterocycles. The molecule has 25 heavy (non-hydrogen) atoms. The number of hydrogen-bond acceptors (Lipinski definition) is 4. The van der Waals surface area contributed by atoms with Gasteiger partial charge in [0.2, 0.25) is 5.91 Å². The number of para-hydroxylation sites is 1. The fourth-order valence-corrected chi connectivity index (χ4v) is 3.15. The molecule has 0 bridgehead atoms. The van der Waals surface area contributed by atoms with E-state index in [1.54, 1.807) is 6.07 Å². The quantitative estimate of drug-likeness (QED) is 0.734. The number of aromatic amines is 1. The van der Waals surface area contributed by atoms with E-state index in [2.05, 4.69) is 15.3 Å². The minimum atomic E-state index is -0.155. The van der Waals surface area contributed by atoms with Crippen LogP contribution in [-0.2, 0) is 4.79 Å². The molecule has 0 unspecified atom stereocenters. The third-order valence-electron chi connectivity index (χ3n) is 3.82. The topological polar surface area (TPSA) is 74.8 Å². The van der Waals surface area contributed by atoms with Crippen molar-refractivity contribution in [1.82, 2.24) is 9.97 Å². The standard InChI is InChI=1S/C19H19N3O2S/c1-12-7-9-14(10-8-12)20-17(23)11-25-13(2)18-21-16-6-4-3-5-15(16)19(24)22-18/h3-10,13H,11H2,1-2H3,(H,20,23)(H,21,22,24)/t13-/m1/s1. The Morgan fingerprint density at radius 2 is 1.92 bits per heavy atom. The molecule has 0 aliphatic carbocycles. The van der Waals surface area contributed by atoms with Crippen LogP contribution in [0.2, 0.25) is 0 Å². The van der Waals surface area contributed by atoms with Crippen LogP contribution in [0.15, 0.2) is 53.3 Å². The van der Waals surface area contributed by atoms with Crippen LogP contribution in [0, 0.1) is 6.92 Å². The van der Waals surface area contributed by atoms with Gasteiger partial charge in [0.1, 0.15) is 5.82 Å². The highest BCUT2D eigenvalue weighted by Gasteiger charge is 2.13. The van der Waals surface area contributed by atoms with Crippen molar-refractivity contribution in [3.8, 4) is 0 Å². The molecule has 0 saturated heterocycles. The van der Waals surface area contributed by atoms with Gasteiger partial charge >= 0.3 is 0 Å². The number of nitrogens with one attached hydrogen (secondary N) is 2. The number of rotatable bonds is 5. The maximum atomic E-state index is 12.1. The Kier molecular flexibility index (Phi) is 5.19. The number of anilines is 1. The van der Waals surface area contributed by atoms with Gasteiger partial charge in [0.15, 0.2) is 0 Å². The number of benzene rings is 2. The first-order valence-electron chi connectivity index (χ1n) is 8.00. The number of amides is 1. The van der Waals surface area contributed by atoms with Crippen LogP contribution in [0.25, 0.3) is 10.9 Å². The SMILES string of the molecule is Cc1ccc(NC(=O)CS[C@H](C)c2nc3ccccc3c(=O)[nH]2)cc1. The average Bonchev–Trinajstić information content (AvgIpc) is 2.61. The van der Waals surface area contributed by atoms with Crippen molar-refractivity contribution < 1.29 is 4.79 Å². The van der Waals surface area contributed by atoms with E-state index < -0.39 is 0 Å². The highest BCUT2D eigenvalue weighted by Crippen LogP contribution is 2.25. The van der Waals surface area contributed by atoms with Crippen LogP contribution in [-0.4, -0.2) is 21.6 Å². The van der Waals surface area contributed by atoms with E-state index in [1.165, 1.54) is 11.8 Å². The lowest BCUT2D eigenvalue weighted by molar-refractivity contribution is -0.113. The maximum Gasteiger partial charge on any atom is 0.258 e. The van der Waals surface area contributed by atoms with Crippen molar-refractivity contribution in [1.29, 1.82) is 0 Å². The summed E-state index contributed by atoms with van der Waals surface area (Å²) in [4.78, 5) is 31.5. The molecule has 0 aliphatic rings. The molecule has 0 saturated carbocycles. The summed E-state index contributed by atoms with van der Waals surface area (Å²) < 4.78 is 0. The highest BCUT2D eigenvalue weighted by molar-refractivity contribution is 8.00. The molecule has 1 atom stereocenters. The predicted molar refractivity (Wildman–Crippen MR) is 103 cm³/mol. The van der Waals surface area contributed by atoms with Gasteiger partial charge in [-0.2, -0.15) is 0 Å². The van der Waals surface area contributed by atoms with Gasteiger partial charge in [-0.1, -0.05) is 29.8 Å². The van der Waals surface area contributed by atoms with Gasteiger partial charge in [-0.15, -0.1) is 11.8 Å². The Morgan fingerprint density at radius 3 is 2.68 bits per heavy atom. The minimum Gasteiger partial charge on any atom is -0.325 e. The first-order chi connectivity index (χ1) is 12.0. The third-order valence-corrected chi connectivity index (χ3v) is 4.97. The van der Waals surface area contributed by atoms with Crippen LogP contribution in [0.4, 0.5) is 5.69 Å². The van der Waals surface area contributed by atoms with Gasteiger partial charge in [0, 0.05) is 5.69 Å². The fraction of sp³-hybridized carbons (Fsp3) is 0.211. The summed E-state index contributed by atoms with van der Waals surface area (Å²) >= 11 is 1.43. The van der Waals surface area contributed by atoms with E-state index >= 15 is 0 Å². The molecule has 1 heterocycles. The zero-order valence-electron chi connectivity index (χ0n) is 14.1. The van der Waals surface area contributed by atoms with Crippen LogP contribution in [0.5, 0.6) is 0 Å². The number of aromatic nitrogens is 2. The van der Waals surface area contributed by atoms with Crippen LogP contribution >= 0.6 is 11.8 Å². The van der Waals surface area contributed by atoms with Crippen molar-refractivity contribution in [3.63, 3.8) is 0 Å². The molecule has 2 N–H and O–H groups in total. The normalized spacial score (nSPS) is 12.1. The molecule has 3 aromatic rings. The summed E-state index contributed by atoms with van der Waals surface area (Å²) in [6, 6.07) is 14.9. The molecule has 1 aromatic heterocycles. The smallest absolute Gasteiger partial charge is 0.258 e. The molecule has 0 fully saturated rings. The number of hydrogen-bond donors (Lipinski definition) is 2. The number of carbonyl (C=O) groups excluding carboxylic acids is 1. The molecule has 2 aromatic carbocycles. The first-order valence-corrected chi connectivity index (χ1v) is 9.05. The van der Waals surface area contributed by atoms with Gasteiger partial charge in [-0.3, -0.25) is 9.59 Å². The number of H-pyrrole nitrogens is 1. The van der Waals surface area contributed by atoms with E-state index in [1.807, 2.05) is 56.3 Å². The van der Waals surface area contributed by atoms with E-state index in [9.17, 15) is 9.59 Å². The van der Waals surface area contributed by atoms with Crippen molar-refractivity contribution in [2.24, 2.45) is 0 Å². The second-order valence-corrected chi connectivity index (χ2v) is 7.16. The van der Waals surface area contributed by atoms with Crippen molar-refractivity contribution in [3.05, 3.63) is 70.3 Å². The Morgan fingerprint density at radius 1 is 1.20 bits per heavy atom. The summed E-state index contributed by atoms with van der Waals surface area (Å²) in [5, 5.41) is 3.34. The Balaban J connectivity index is 1.64. The lowest BCUT2D eigenvalue weighted by Gasteiger charge is -2.11. The molecule has 0 radical (unpaired) electrons. The van der Waals surface area contributed by atoms with Gasteiger partial charge < -0.3 is 10.3 Å². The van der Waals surface area contributed by atoms with Crippen LogP contribution in [0.1, 0.15) is 23.6 Å².